The van der Waals surface area contributed by atoms with E-state index in [-0.39, 0.29) is 18.2 Å². The van der Waals surface area contributed by atoms with Gasteiger partial charge >= 0.3 is 0 Å². The molecule has 1 fully saturated rings. The van der Waals surface area contributed by atoms with Gasteiger partial charge in [0, 0.05) is 18.7 Å². The van der Waals surface area contributed by atoms with E-state index < -0.39 is 5.25 Å². The van der Waals surface area contributed by atoms with Crippen LogP contribution in [0.2, 0.25) is 0 Å². The second kappa shape index (κ2) is 7.98. The summed E-state index contributed by atoms with van der Waals surface area (Å²) in [5, 5.41) is 5.78. The number of amidine groups is 1. The van der Waals surface area contributed by atoms with Gasteiger partial charge in [-0.3, -0.25) is 14.6 Å². The molecule has 2 N–H and O–H groups in total. The zero-order valence-corrected chi connectivity index (χ0v) is 13.7. The molecule has 22 heavy (non-hydrogen) atoms. The minimum Gasteiger partial charge on any atom is -0.326 e. The number of aryl methyl sites for hydroxylation is 1. The van der Waals surface area contributed by atoms with E-state index >= 15 is 0 Å². The van der Waals surface area contributed by atoms with Gasteiger partial charge in [-0.05, 0) is 25.5 Å². The summed E-state index contributed by atoms with van der Waals surface area (Å²) in [4.78, 5) is 28.2. The Balaban J connectivity index is 1.85. The number of carbonyl (C=O) groups excluding carboxylic acids is 2. The highest BCUT2D eigenvalue weighted by atomic mass is 32.2. The first-order valence-corrected chi connectivity index (χ1v) is 8.35. The van der Waals surface area contributed by atoms with E-state index in [9.17, 15) is 9.59 Å². The molecule has 0 unspecified atom stereocenters. The lowest BCUT2D eigenvalue weighted by atomic mass is 10.2. The van der Waals surface area contributed by atoms with Crippen LogP contribution in [0.1, 0.15) is 31.7 Å². The predicted octanol–water partition coefficient (Wildman–Crippen LogP) is 2.71. The van der Waals surface area contributed by atoms with Gasteiger partial charge in [0.25, 0.3) is 0 Å². The van der Waals surface area contributed by atoms with Crippen LogP contribution in [0.3, 0.4) is 0 Å². The number of unbranched alkanes of at least 4 members (excludes halogenated alkanes) is 1. The molecule has 0 radical (unpaired) electrons. The van der Waals surface area contributed by atoms with Crippen molar-refractivity contribution in [2.75, 3.05) is 11.9 Å². The Hall–Kier alpha value is -1.82. The summed E-state index contributed by atoms with van der Waals surface area (Å²) in [6, 6.07) is 7.58. The fourth-order valence-corrected chi connectivity index (χ4v) is 2.97. The van der Waals surface area contributed by atoms with Crippen LogP contribution >= 0.6 is 11.8 Å². The molecule has 1 aromatic carbocycles. The van der Waals surface area contributed by atoms with E-state index in [1.165, 1.54) is 11.8 Å². The molecular formula is C16H21N3O2S. The highest BCUT2D eigenvalue weighted by molar-refractivity contribution is 8.15. The van der Waals surface area contributed by atoms with Gasteiger partial charge in [0.2, 0.25) is 11.8 Å². The molecule has 1 aliphatic rings. The molecule has 0 aromatic heterocycles. The largest absolute Gasteiger partial charge is 0.326 e. The van der Waals surface area contributed by atoms with Gasteiger partial charge in [-0.25, -0.2) is 0 Å². The summed E-state index contributed by atoms with van der Waals surface area (Å²) in [5.41, 5.74) is 1.88. The van der Waals surface area contributed by atoms with E-state index in [0.717, 1.165) is 24.1 Å². The number of hydrogen-bond donors (Lipinski definition) is 2. The maximum atomic E-state index is 12.0. The molecule has 118 valence electrons. The quantitative estimate of drug-likeness (QED) is 0.792. The van der Waals surface area contributed by atoms with Gasteiger partial charge in [-0.15, -0.1) is 0 Å². The second-order valence-corrected chi connectivity index (χ2v) is 6.45. The normalized spacial score (nSPS) is 19.3. The van der Waals surface area contributed by atoms with Crippen molar-refractivity contribution in [1.29, 1.82) is 0 Å². The number of nitrogens with zero attached hydrogens (tertiary/aromatic N) is 1. The Morgan fingerprint density at radius 1 is 1.36 bits per heavy atom. The molecule has 0 aliphatic carbocycles. The standard InChI is InChI=1S/C16H21N3O2S/c1-3-4-9-17-16-19-15(21)13(22-16)10-14(20)18-12-7-5-11(2)6-8-12/h5-8,13H,3-4,9-10H2,1-2H3,(H,18,20)(H,17,19,21)/t13-/m1/s1. The Kier molecular flexibility index (Phi) is 6.00. The number of nitrogens with one attached hydrogen (secondary N) is 2. The van der Waals surface area contributed by atoms with Crippen LogP contribution in [0.4, 0.5) is 5.69 Å². The molecule has 2 amide bonds. The van der Waals surface area contributed by atoms with Crippen molar-refractivity contribution in [2.45, 2.75) is 38.4 Å². The molecule has 0 spiro atoms. The van der Waals surface area contributed by atoms with Crippen molar-refractivity contribution in [1.82, 2.24) is 5.32 Å². The Morgan fingerprint density at radius 3 is 2.77 bits per heavy atom. The maximum Gasteiger partial charge on any atom is 0.240 e. The van der Waals surface area contributed by atoms with Gasteiger partial charge in [-0.2, -0.15) is 0 Å². The number of aliphatic imine (C=N–C) groups is 1. The molecule has 2 rings (SSSR count). The third-order valence-electron chi connectivity index (χ3n) is 3.25. The SMILES string of the molecule is CCCCN=C1NC(=O)[C@@H](CC(=O)Nc2ccc(C)cc2)S1. The van der Waals surface area contributed by atoms with Crippen molar-refractivity contribution in [3.63, 3.8) is 0 Å². The molecular weight excluding hydrogens is 298 g/mol. The van der Waals surface area contributed by atoms with Gasteiger partial charge in [0.15, 0.2) is 5.17 Å². The van der Waals surface area contributed by atoms with Crippen molar-refractivity contribution in [3.05, 3.63) is 29.8 Å². The van der Waals surface area contributed by atoms with Gasteiger partial charge in [-0.1, -0.05) is 42.8 Å². The zero-order chi connectivity index (χ0) is 15.9. The van der Waals surface area contributed by atoms with Gasteiger partial charge in [0.05, 0.1) is 0 Å². The van der Waals surface area contributed by atoms with Crippen LogP contribution in [0, 0.1) is 6.92 Å². The summed E-state index contributed by atoms with van der Waals surface area (Å²) in [6.07, 6.45) is 2.22. The minimum atomic E-state index is -0.397. The number of rotatable bonds is 6. The topological polar surface area (TPSA) is 70.6 Å². The molecule has 0 bridgehead atoms. The maximum absolute atomic E-state index is 12.0. The van der Waals surface area contributed by atoms with Crippen LogP contribution in [-0.2, 0) is 9.59 Å². The number of benzene rings is 1. The fraction of sp³-hybridized carbons (Fsp3) is 0.438. The van der Waals surface area contributed by atoms with Crippen LogP contribution in [0.15, 0.2) is 29.3 Å². The average Bonchev–Trinajstić information content (AvgIpc) is 2.82. The summed E-state index contributed by atoms with van der Waals surface area (Å²) >= 11 is 1.34. The first-order chi connectivity index (χ1) is 10.6. The minimum absolute atomic E-state index is 0.140. The number of carbonyl (C=O) groups is 2. The van der Waals surface area contributed by atoms with E-state index in [4.69, 9.17) is 0 Å². The predicted molar refractivity (Wildman–Crippen MR) is 91.2 cm³/mol. The summed E-state index contributed by atoms with van der Waals surface area (Å²) in [6.45, 7) is 4.80. The third kappa shape index (κ3) is 4.87. The first-order valence-electron chi connectivity index (χ1n) is 7.47. The lowest BCUT2D eigenvalue weighted by Crippen LogP contribution is -2.28. The Morgan fingerprint density at radius 2 is 2.09 bits per heavy atom. The number of hydrogen-bond acceptors (Lipinski definition) is 4. The Labute approximate surface area is 135 Å². The smallest absolute Gasteiger partial charge is 0.240 e. The van der Waals surface area contributed by atoms with Crippen LogP contribution in [0.5, 0.6) is 0 Å². The summed E-state index contributed by atoms with van der Waals surface area (Å²) in [5.74, 6) is -0.300. The lowest BCUT2D eigenvalue weighted by Gasteiger charge is -2.07. The van der Waals surface area contributed by atoms with E-state index in [2.05, 4.69) is 22.5 Å². The van der Waals surface area contributed by atoms with Gasteiger partial charge < -0.3 is 10.6 Å². The molecule has 1 saturated heterocycles. The molecule has 0 saturated carbocycles. The fourth-order valence-electron chi connectivity index (χ4n) is 1.97. The average molecular weight is 319 g/mol. The Bertz CT molecular complexity index is 569. The molecule has 1 aliphatic heterocycles. The third-order valence-corrected chi connectivity index (χ3v) is 4.37. The summed E-state index contributed by atoms with van der Waals surface area (Å²) < 4.78 is 0. The van der Waals surface area contributed by atoms with Crippen molar-refractivity contribution >= 4 is 34.4 Å². The van der Waals surface area contributed by atoms with Crippen molar-refractivity contribution < 1.29 is 9.59 Å². The van der Waals surface area contributed by atoms with Crippen molar-refractivity contribution in [2.24, 2.45) is 4.99 Å². The van der Waals surface area contributed by atoms with E-state index in [1.807, 2.05) is 31.2 Å². The monoisotopic (exact) mass is 319 g/mol. The highest BCUT2D eigenvalue weighted by Crippen LogP contribution is 2.23. The van der Waals surface area contributed by atoms with Gasteiger partial charge in [0.1, 0.15) is 5.25 Å². The van der Waals surface area contributed by atoms with Crippen LogP contribution < -0.4 is 10.6 Å². The van der Waals surface area contributed by atoms with Crippen molar-refractivity contribution in [3.8, 4) is 0 Å². The molecule has 1 atom stereocenters. The number of amides is 2. The molecule has 6 heteroatoms. The van der Waals surface area contributed by atoms with Crippen LogP contribution in [-0.4, -0.2) is 28.8 Å². The first kappa shape index (κ1) is 16.5. The van der Waals surface area contributed by atoms with E-state index in [1.54, 1.807) is 0 Å². The highest BCUT2D eigenvalue weighted by Gasteiger charge is 2.31. The second-order valence-electron chi connectivity index (χ2n) is 5.25. The lowest BCUT2D eigenvalue weighted by molar-refractivity contribution is -0.122. The molecule has 1 heterocycles. The summed E-state index contributed by atoms with van der Waals surface area (Å²) in [7, 11) is 0. The molecule has 5 nitrogen and oxygen atoms in total. The zero-order valence-electron chi connectivity index (χ0n) is 12.9. The number of anilines is 1. The van der Waals surface area contributed by atoms with Crippen LogP contribution in [0.25, 0.3) is 0 Å². The van der Waals surface area contributed by atoms with E-state index in [0.29, 0.717) is 11.7 Å². The number of thioether (sulfide) groups is 1. The molecule has 1 aromatic rings.